The van der Waals surface area contributed by atoms with E-state index >= 15 is 0 Å². The second kappa shape index (κ2) is 4.11. The molecule has 0 unspecified atom stereocenters. The average molecular weight is 215 g/mol. The highest BCUT2D eigenvalue weighted by molar-refractivity contribution is 5.78. The summed E-state index contributed by atoms with van der Waals surface area (Å²) >= 11 is 0. The second-order valence-electron chi connectivity index (χ2n) is 3.26. The van der Waals surface area contributed by atoms with Crippen LogP contribution in [0.15, 0.2) is 42.5 Å². The minimum Gasteiger partial charge on any atom is -0.234 e. The molecule has 16 heavy (non-hydrogen) atoms. The normalized spacial score (nSPS) is 9.81. The topological polar surface area (TPSA) is 4.36 Å². The van der Waals surface area contributed by atoms with Crippen LogP contribution in [0.25, 0.3) is 16.0 Å². The molecule has 0 aliphatic rings. The van der Waals surface area contributed by atoms with Gasteiger partial charge >= 0.3 is 0 Å². The number of halogens is 2. The summed E-state index contributed by atoms with van der Waals surface area (Å²) in [5.74, 6) is -1.50. The minimum atomic E-state index is -0.825. The number of hydrogen-bond donors (Lipinski definition) is 0. The van der Waals surface area contributed by atoms with Gasteiger partial charge in [-0.3, -0.25) is 0 Å². The van der Waals surface area contributed by atoms with Crippen molar-refractivity contribution in [1.82, 2.24) is 0 Å². The van der Waals surface area contributed by atoms with Gasteiger partial charge in [0.1, 0.15) is 11.6 Å². The number of benzene rings is 2. The molecule has 0 aliphatic carbocycles. The zero-order valence-electron chi connectivity index (χ0n) is 8.24. The van der Waals surface area contributed by atoms with Gasteiger partial charge in [-0.1, -0.05) is 30.3 Å². The Hall–Kier alpha value is -2.21. The van der Waals surface area contributed by atoms with E-state index in [1.165, 1.54) is 6.07 Å². The van der Waals surface area contributed by atoms with Crippen LogP contribution in [0.3, 0.4) is 0 Å². The molecule has 2 aromatic rings. The zero-order valence-corrected chi connectivity index (χ0v) is 8.24. The first-order valence-electron chi connectivity index (χ1n) is 4.64. The van der Waals surface area contributed by atoms with Gasteiger partial charge in [0, 0.05) is 0 Å². The Kier molecular flexibility index (Phi) is 2.65. The molecule has 0 atom stereocenters. The van der Waals surface area contributed by atoms with Crippen molar-refractivity contribution in [3.8, 4) is 11.1 Å². The van der Waals surface area contributed by atoms with E-state index in [1.807, 2.05) is 0 Å². The van der Waals surface area contributed by atoms with Crippen LogP contribution in [0.2, 0.25) is 0 Å². The molecule has 0 amide bonds. The van der Waals surface area contributed by atoms with Gasteiger partial charge in [0.25, 0.3) is 0 Å². The maximum atomic E-state index is 13.3. The van der Waals surface area contributed by atoms with Crippen LogP contribution < -0.4 is 0 Å². The number of nitrogens with zero attached hydrogens (tertiary/aromatic N) is 1. The summed E-state index contributed by atoms with van der Waals surface area (Å²) in [6.07, 6.45) is 0. The van der Waals surface area contributed by atoms with E-state index in [1.54, 1.807) is 30.3 Å². The van der Waals surface area contributed by atoms with Gasteiger partial charge in [0.05, 0.1) is 6.57 Å². The Labute approximate surface area is 91.8 Å². The first-order valence-corrected chi connectivity index (χ1v) is 4.64. The van der Waals surface area contributed by atoms with Crippen molar-refractivity contribution in [3.05, 3.63) is 65.5 Å². The smallest absolute Gasteiger partial charge is 0.229 e. The quantitative estimate of drug-likeness (QED) is 0.628. The summed E-state index contributed by atoms with van der Waals surface area (Å²) in [4.78, 5) is 3.10. The lowest BCUT2D eigenvalue weighted by molar-refractivity contribution is 0.588. The van der Waals surface area contributed by atoms with Crippen molar-refractivity contribution in [2.75, 3.05) is 0 Å². The molecule has 0 bridgehead atoms. The summed E-state index contributed by atoms with van der Waals surface area (Å²) in [6.45, 7) is 6.91. The van der Waals surface area contributed by atoms with Crippen LogP contribution in [-0.4, -0.2) is 0 Å². The Bertz CT molecular complexity index is 556. The monoisotopic (exact) mass is 215 g/mol. The molecule has 0 saturated heterocycles. The molecular formula is C13H7F2N. The highest BCUT2D eigenvalue weighted by Crippen LogP contribution is 2.33. The lowest BCUT2D eigenvalue weighted by Crippen LogP contribution is -1.85. The van der Waals surface area contributed by atoms with Crippen LogP contribution in [0.1, 0.15) is 0 Å². The Morgan fingerprint density at radius 3 is 2.31 bits per heavy atom. The zero-order chi connectivity index (χ0) is 11.5. The standard InChI is InChI=1S/C13H7F2N/c1-16-13-11(7-10(14)8-12(13)15)9-5-3-2-4-6-9/h2-8H. The summed E-state index contributed by atoms with van der Waals surface area (Å²) in [7, 11) is 0. The molecule has 3 heteroatoms. The Morgan fingerprint density at radius 1 is 1.00 bits per heavy atom. The highest BCUT2D eigenvalue weighted by atomic mass is 19.1. The molecule has 0 fully saturated rings. The molecule has 0 N–H and O–H groups in total. The Morgan fingerprint density at radius 2 is 1.69 bits per heavy atom. The van der Waals surface area contributed by atoms with Crippen LogP contribution in [0.5, 0.6) is 0 Å². The van der Waals surface area contributed by atoms with Crippen LogP contribution in [-0.2, 0) is 0 Å². The lowest BCUT2D eigenvalue weighted by atomic mass is 10.0. The van der Waals surface area contributed by atoms with E-state index in [9.17, 15) is 8.78 Å². The Balaban J connectivity index is 2.70. The fraction of sp³-hybridized carbons (Fsp3) is 0. The maximum absolute atomic E-state index is 13.3. The van der Waals surface area contributed by atoms with Gasteiger partial charge in [0.15, 0.2) is 0 Å². The van der Waals surface area contributed by atoms with Crippen LogP contribution in [0.4, 0.5) is 14.5 Å². The van der Waals surface area contributed by atoms with Crippen molar-refractivity contribution in [2.45, 2.75) is 0 Å². The minimum absolute atomic E-state index is 0.146. The highest BCUT2D eigenvalue weighted by Gasteiger charge is 2.12. The molecule has 2 rings (SSSR count). The summed E-state index contributed by atoms with van der Waals surface area (Å²) in [6, 6.07) is 10.6. The molecule has 78 valence electrons. The third-order valence-electron chi connectivity index (χ3n) is 2.22. The van der Waals surface area contributed by atoms with Gasteiger partial charge in [-0.15, -0.1) is 0 Å². The molecule has 0 aromatic heterocycles. The van der Waals surface area contributed by atoms with Gasteiger partial charge in [0.2, 0.25) is 5.69 Å². The fourth-order valence-corrected chi connectivity index (χ4v) is 1.52. The van der Waals surface area contributed by atoms with E-state index in [0.717, 1.165) is 6.07 Å². The van der Waals surface area contributed by atoms with Crippen molar-refractivity contribution >= 4 is 5.69 Å². The summed E-state index contributed by atoms with van der Waals surface area (Å²) in [5.41, 5.74) is 0.771. The third-order valence-corrected chi connectivity index (χ3v) is 2.22. The van der Waals surface area contributed by atoms with E-state index in [-0.39, 0.29) is 11.3 Å². The SMILES string of the molecule is [C-]#[N+]c1c(F)cc(F)cc1-c1ccccc1. The lowest BCUT2D eigenvalue weighted by Gasteiger charge is -2.05. The average Bonchev–Trinajstić information content (AvgIpc) is 2.29. The molecule has 2 aromatic carbocycles. The fourth-order valence-electron chi connectivity index (χ4n) is 1.52. The summed E-state index contributed by atoms with van der Waals surface area (Å²) < 4.78 is 26.4. The third kappa shape index (κ3) is 1.78. The summed E-state index contributed by atoms with van der Waals surface area (Å²) in [5, 5.41) is 0. The van der Waals surface area contributed by atoms with E-state index in [4.69, 9.17) is 6.57 Å². The van der Waals surface area contributed by atoms with E-state index < -0.39 is 11.6 Å². The van der Waals surface area contributed by atoms with E-state index in [0.29, 0.717) is 5.56 Å². The van der Waals surface area contributed by atoms with Crippen molar-refractivity contribution in [1.29, 1.82) is 0 Å². The largest absolute Gasteiger partial charge is 0.234 e. The van der Waals surface area contributed by atoms with Crippen molar-refractivity contribution in [3.63, 3.8) is 0 Å². The first kappa shape index (κ1) is 10.3. The molecule has 0 saturated carbocycles. The molecule has 0 heterocycles. The predicted octanol–water partition coefficient (Wildman–Crippen LogP) is 4.18. The first-order chi connectivity index (χ1) is 7.72. The maximum Gasteiger partial charge on any atom is 0.229 e. The number of hydrogen-bond acceptors (Lipinski definition) is 0. The van der Waals surface area contributed by atoms with E-state index in [2.05, 4.69) is 4.85 Å². The van der Waals surface area contributed by atoms with Gasteiger partial charge in [-0.2, -0.15) is 0 Å². The molecule has 0 radical (unpaired) electrons. The molecule has 0 aliphatic heterocycles. The molecular weight excluding hydrogens is 208 g/mol. The van der Waals surface area contributed by atoms with Crippen LogP contribution in [0, 0.1) is 18.2 Å². The molecule has 0 spiro atoms. The van der Waals surface area contributed by atoms with Gasteiger partial charge < -0.3 is 0 Å². The van der Waals surface area contributed by atoms with Crippen molar-refractivity contribution in [2.24, 2.45) is 0 Å². The van der Waals surface area contributed by atoms with Crippen LogP contribution >= 0.6 is 0 Å². The van der Waals surface area contributed by atoms with Gasteiger partial charge in [-0.25, -0.2) is 13.6 Å². The second-order valence-corrected chi connectivity index (χ2v) is 3.26. The van der Waals surface area contributed by atoms with Crippen molar-refractivity contribution < 1.29 is 8.78 Å². The predicted molar refractivity (Wildman–Crippen MR) is 58.1 cm³/mol. The molecule has 1 nitrogen and oxygen atoms in total. The van der Waals surface area contributed by atoms with Gasteiger partial charge in [-0.05, 0) is 23.3 Å². The number of rotatable bonds is 1.